The summed E-state index contributed by atoms with van der Waals surface area (Å²) in [6.45, 7) is 0. The molecule has 0 spiro atoms. The highest BCUT2D eigenvalue weighted by atomic mass is 79.9. The first kappa shape index (κ1) is 10.1. The predicted octanol–water partition coefficient (Wildman–Crippen LogP) is 2.20. The number of aromatic nitrogens is 1. The Bertz CT molecular complexity index is 325. The van der Waals surface area contributed by atoms with Crippen molar-refractivity contribution in [1.82, 2.24) is 9.88 Å². The van der Waals surface area contributed by atoms with Crippen molar-refractivity contribution in [3.8, 4) is 0 Å². The lowest BCUT2D eigenvalue weighted by Gasteiger charge is -2.01. The van der Waals surface area contributed by atoms with E-state index in [9.17, 15) is 4.39 Å². The highest BCUT2D eigenvalue weighted by Gasteiger charge is 1.99. The van der Waals surface area contributed by atoms with Crippen molar-refractivity contribution >= 4 is 28.1 Å². The van der Waals surface area contributed by atoms with E-state index in [1.807, 2.05) is 14.1 Å². The summed E-state index contributed by atoms with van der Waals surface area (Å²) in [6, 6.07) is 1.27. The molecule has 1 aromatic rings. The summed E-state index contributed by atoms with van der Waals surface area (Å²) < 4.78 is 13.3. The van der Waals surface area contributed by atoms with E-state index in [2.05, 4.69) is 25.9 Å². The topological polar surface area (TPSA) is 28.5 Å². The van der Waals surface area contributed by atoms with Gasteiger partial charge in [0.15, 0.2) is 5.82 Å². The minimum Gasteiger partial charge on any atom is -0.369 e. The van der Waals surface area contributed by atoms with Crippen LogP contribution in [0.3, 0.4) is 0 Å². The van der Waals surface area contributed by atoms with Crippen LogP contribution in [0.1, 0.15) is 0 Å². The average Bonchev–Trinajstić information content (AvgIpc) is 2.07. The number of hydrogen-bond acceptors (Lipinski definition) is 2. The molecule has 5 heteroatoms. The van der Waals surface area contributed by atoms with Gasteiger partial charge < -0.3 is 4.90 Å². The Kier molecular flexibility index (Phi) is 3.36. The van der Waals surface area contributed by atoms with Crippen LogP contribution >= 0.6 is 15.9 Å². The molecule has 70 valence electrons. The number of halogens is 2. The second-order valence-electron chi connectivity index (χ2n) is 2.66. The predicted molar refractivity (Wildman–Crippen MR) is 53.7 cm³/mol. The van der Waals surface area contributed by atoms with Crippen molar-refractivity contribution in [2.45, 2.75) is 0 Å². The fraction of sp³-hybridized carbons (Fsp3) is 0.250. The van der Waals surface area contributed by atoms with Gasteiger partial charge in [0.05, 0.1) is 10.8 Å². The van der Waals surface area contributed by atoms with Crippen LogP contribution in [0.2, 0.25) is 0 Å². The van der Waals surface area contributed by atoms with E-state index in [1.54, 1.807) is 11.2 Å². The largest absolute Gasteiger partial charge is 0.369 e. The van der Waals surface area contributed by atoms with Gasteiger partial charge >= 0.3 is 0 Å². The Balaban J connectivity index is 2.85. The van der Waals surface area contributed by atoms with E-state index < -0.39 is 0 Å². The molecule has 3 nitrogen and oxygen atoms in total. The van der Waals surface area contributed by atoms with Crippen molar-refractivity contribution in [2.75, 3.05) is 14.1 Å². The third-order valence-corrected chi connectivity index (χ3v) is 1.80. The lowest BCUT2D eigenvalue weighted by atomic mass is 10.4. The lowest BCUT2D eigenvalue weighted by Crippen LogP contribution is -2.07. The normalized spacial score (nSPS) is 10.8. The van der Waals surface area contributed by atoms with Crippen molar-refractivity contribution in [1.29, 1.82) is 0 Å². The number of pyridine rings is 1. The molecule has 1 rings (SSSR count). The zero-order chi connectivity index (χ0) is 9.84. The molecule has 1 aromatic heterocycles. The van der Waals surface area contributed by atoms with Crippen LogP contribution in [0.15, 0.2) is 21.7 Å². The molecule has 0 aromatic carbocycles. The van der Waals surface area contributed by atoms with E-state index in [-0.39, 0.29) is 5.82 Å². The SMILES string of the molecule is CN(C)C=Nc1cc(F)c(Br)cn1. The standard InChI is InChI=1S/C8H9BrFN3/c1-13(2)5-12-8-3-7(10)6(9)4-11-8/h3-5H,1-2H3. The molecule has 0 N–H and O–H groups in total. The van der Waals surface area contributed by atoms with Crippen molar-refractivity contribution in [2.24, 2.45) is 4.99 Å². The minimum atomic E-state index is -0.360. The molecular formula is C8H9BrFN3. The third-order valence-electron chi connectivity index (χ3n) is 1.22. The fourth-order valence-electron chi connectivity index (χ4n) is 0.649. The molecule has 0 amide bonds. The van der Waals surface area contributed by atoms with Crippen molar-refractivity contribution in [3.63, 3.8) is 0 Å². The Labute approximate surface area is 84.4 Å². The Morgan fingerprint density at radius 3 is 2.85 bits per heavy atom. The summed E-state index contributed by atoms with van der Waals surface area (Å²) in [6.07, 6.45) is 2.95. The molecule has 0 aliphatic rings. The first-order valence-corrected chi connectivity index (χ1v) is 4.40. The van der Waals surface area contributed by atoms with Gasteiger partial charge in [0.2, 0.25) is 0 Å². The number of nitrogens with zero attached hydrogens (tertiary/aromatic N) is 3. The first-order valence-electron chi connectivity index (χ1n) is 3.61. The van der Waals surface area contributed by atoms with Gasteiger partial charge in [-0.15, -0.1) is 0 Å². The molecule has 0 aliphatic carbocycles. The summed E-state index contributed by atoms with van der Waals surface area (Å²) in [4.78, 5) is 9.59. The van der Waals surface area contributed by atoms with Gasteiger partial charge in [0, 0.05) is 26.4 Å². The van der Waals surface area contributed by atoms with Crippen LogP contribution in [0, 0.1) is 5.82 Å². The number of hydrogen-bond donors (Lipinski definition) is 0. The van der Waals surface area contributed by atoms with Crippen LogP contribution < -0.4 is 0 Å². The van der Waals surface area contributed by atoms with Crippen molar-refractivity contribution < 1.29 is 4.39 Å². The second kappa shape index (κ2) is 4.32. The molecule has 0 aliphatic heterocycles. The Hall–Kier alpha value is -0.970. The fourth-order valence-corrected chi connectivity index (χ4v) is 0.866. The molecule has 0 saturated carbocycles. The average molecular weight is 246 g/mol. The van der Waals surface area contributed by atoms with Gasteiger partial charge in [-0.05, 0) is 15.9 Å². The van der Waals surface area contributed by atoms with Gasteiger partial charge in [0.1, 0.15) is 5.82 Å². The highest BCUT2D eigenvalue weighted by Crippen LogP contribution is 2.17. The zero-order valence-corrected chi connectivity index (χ0v) is 8.92. The van der Waals surface area contributed by atoms with E-state index >= 15 is 0 Å². The van der Waals surface area contributed by atoms with Crippen LogP contribution in [0.4, 0.5) is 10.2 Å². The van der Waals surface area contributed by atoms with E-state index in [0.717, 1.165) is 0 Å². The van der Waals surface area contributed by atoms with Crippen LogP contribution in [-0.4, -0.2) is 30.3 Å². The minimum absolute atomic E-state index is 0.344. The highest BCUT2D eigenvalue weighted by molar-refractivity contribution is 9.10. The third kappa shape index (κ3) is 3.10. The Morgan fingerprint density at radius 1 is 1.62 bits per heavy atom. The van der Waals surface area contributed by atoms with E-state index in [4.69, 9.17) is 0 Å². The lowest BCUT2D eigenvalue weighted by molar-refractivity contribution is 0.618. The summed E-state index contributed by atoms with van der Waals surface area (Å²) >= 11 is 3.01. The molecular weight excluding hydrogens is 237 g/mol. The molecule has 0 unspecified atom stereocenters. The maximum Gasteiger partial charge on any atom is 0.156 e. The van der Waals surface area contributed by atoms with Gasteiger partial charge in [0.25, 0.3) is 0 Å². The summed E-state index contributed by atoms with van der Waals surface area (Å²) in [5.41, 5.74) is 0. The van der Waals surface area contributed by atoms with Gasteiger partial charge in [-0.2, -0.15) is 0 Å². The molecule has 0 bridgehead atoms. The van der Waals surface area contributed by atoms with E-state index in [0.29, 0.717) is 10.3 Å². The molecule has 1 heterocycles. The van der Waals surface area contributed by atoms with E-state index in [1.165, 1.54) is 12.3 Å². The molecule has 0 fully saturated rings. The molecule has 0 radical (unpaired) electrons. The van der Waals surface area contributed by atoms with Crippen LogP contribution in [-0.2, 0) is 0 Å². The summed E-state index contributed by atoms with van der Waals surface area (Å²) in [5.74, 6) is -0.00435. The van der Waals surface area contributed by atoms with Gasteiger partial charge in [-0.25, -0.2) is 14.4 Å². The molecule has 0 saturated heterocycles. The smallest absolute Gasteiger partial charge is 0.156 e. The molecule has 0 atom stereocenters. The maximum atomic E-state index is 12.9. The van der Waals surface area contributed by atoms with Crippen LogP contribution in [0.25, 0.3) is 0 Å². The number of rotatable bonds is 2. The summed E-state index contributed by atoms with van der Waals surface area (Å²) in [7, 11) is 3.66. The van der Waals surface area contributed by atoms with Crippen molar-refractivity contribution in [3.05, 3.63) is 22.6 Å². The first-order chi connectivity index (χ1) is 6.09. The monoisotopic (exact) mass is 245 g/mol. The van der Waals surface area contributed by atoms with Gasteiger partial charge in [-0.3, -0.25) is 0 Å². The van der Waals surface area contributed by atoms with Crippen LogP contribution in [0.5, 0.6) is 0 Å². The molecule has 13 heavy (non-hydrogen) atoms. The van der Waals surface area contributed by atoms with Gasteiger partial charge in [-0.1, -0.05) is 0 Å². The maximum absolute atomic E-state index is 12.9. The second-order valence-corrected chi connectivity index (χ2v) is 3.52. The quantitative estimate of drug-likeness (QED) is 0.591. The Morgan fingerprint density at radius 2 is 2.31 bits per heavy atom. The number of aliphatic imine (C=N–C) groups is 1. The zero-order valence-electron chi connectivity index (χ0n) is 7.33. The summed E-state index contributed by atoms with van der Waals surface area (Å²) in [5, 5.41) is 0.